The third-order valence-corrected chi connectivity index (χ3v) is 5.11. The van der Waals surface area contributed by atoms with E-state index in [0.717, 1.165) is 36.3 Å². The summed E-state index contributed by atoms with van der Waals surface area (Å²) < 4.78 is 11.2. The molecule has 2 aromatic carbocycles. The van der Waals surface area contributed by atoms with Crippen molar-refractivity contribution < 1.29 is 19.1 Å². The van der Waals surface area contributed by atoms with Crippen molar-refractivity contribution in [1.29, 1.82) is 0 Å². The van der Waals surface area contributed by atoms with Crippen LogP contribution in [0.1, 0.15) is 44.7 Å². The Morgan fingerprint density at radius 3 is 2.38 bits per heavy atom. The van der Waals surface area contributed by atoms with E-state index in [9.17, 15) is 9.59 Å². The largest absolute Gasteiger partial charge is 0.493 e. The topological polar surface area (TPSA) is 67.9 Å². The van der Waals surface area contributed by atoms with Gasteiger partial charge in [0.05, 0.1) is 26.3 Å². The number of hydrogen-bond donors (Lipinski definition) is 1. The number of carbonyl (C=O) groups is 2. The lowest BCUT2D eigenvalue weighted by atomic mass is 10.0. The molecular formula is C26H36N2O4. The molecule has 0 heterocycles. The predicted molar refractivity (Wildman–Crippen MR) is 127 cm³/mol. The predicted octanol–water partition coefficient (Wildman–Crippen LogP) is 4.01. The Labute approximate surface area is 191 Å². The Bertz CT molecular complexity index is 854. The maximum absolute atomic E-state index is 12.8. The van der Waals surface area contributed by atoms with Crippen LogP contribution in [0, 0.1) is 0 Å². The molecular weight excluding hydrogens is 404 g/mol. The molecule has 6 nitrogen and oxygen atoms in total. The standard InChI is InChI=1S/C26H36N2O4/c1-5-14-28(18-22-12-13-24(32-15-6-2)25(17-22)31-4)19-26(30)27-23(20(3)29)16-21-10-8-7-9-11-21/h7-13,17,23H,5-6,14-16,18-19H2,1-4H3,(H,27,30)/t23-/m1/s1. The summed E-state index contributed by atoms with van der Waals surface area (Å²) in [6, 6.07) is 15.1. The van der Waals surface area contributed by atoms with E-state index < -0.39 is 6.04 Å². The van der Waals surface area contributed by atoms with Gasteiger partial charge in [0, 0.05) is 6.54 Å². The second-order valence-electron chi connectivity index (χ2n) is 7.96. The van der Waals surface area contributed by atoms with Crippen molar-refractivity contribution in [2.24, 2.45) is 0 Å². The first-order valence-corrected chi connectivity index (χ1v) is 11.3. The Hall–Kier alpha value is -2.86. The summed E-state index contributed by atoms with van der Waals surface area (Å²) in [7, 11) is 1.63. The first kappa shape index (κ1) is 25.4. The Morgan fingerprint density at radius 1 is 1.00 bits per heavy atom. The number of nitrogens with zero attached hydrogens (tertiary/aromatic N) is 1. The Morgan fingerprint density at radius 2 is 1.75 bits per heavy atom. The lowest BCUT2D eigenvalue weighted by Gasteiger charge is -2.23. The smallest absolute Gasteiger partial charge is 0.234 e. The van der Waals surface area contributed by atoms with E-state index in [2.05, 4.69) is 24.1 Å². The van der Waals surface area contributed by atoms with Crippen molar-refractivity contribution >= 4 is 11.7 Å². The van der Waals surface area contributed by atoms with Crippen LogP contribution >= 0.6 is 0 Å². The van der Waals surface area contributed by atoms with Gasteiger partial charge in [-0.05, 0) is 56.0 Å². The number of benzene rings is 2. The van der Waals surface area contributed by atoms with Crippen molar-refractivity contribution in [3.05, 3.63) is 59.7 Å². The van der Waals surface area contributed by atoms with Gasteiger partial charge in [-0.1, -0.05) is 50.2 Å². The molecule has 0 aromatic heterocycles. The van der Waals surface area contributed by atoms with Gasteiger partial charge >= 0.3 is 0 Å². The first-order chi connectivity index (χ1) is 15.5. The summed E-state index contributed by atoms with van der Waals surface area (Å²) in [5.74, 6) is 1.22. The van der Waals surface area contributed by atoms with E-state index in [1.165, 1.54) is 6.92 Å². The van der Waals surface area contributed by atoms with Gasteiger partial charge in [0.25, 0.3) is 0 Å². The van der Waals surface area contributed by atoms with Gasteiger partial charge in [0.1, 0.15) is 0 Å². The van der Waals surface area contributed by atoms with E-state index in [1.807, 2.05) is 48.5 Å². The quantitative estimate of drug-likeness (QED) is 0.481. The van der Waals surface area contributed by atoms with E-state index in [-0.39, 0.29) is 18.2 Å². The van der Waals surface area contributed by atoms with Crippen LogP contribution in [0.25, 0.3) is 0 Å². The number of methoxy groups -OCH3 is 1. The van der Waals surface area contributed by atoms with Gasteiger partial charge in [-0.25, -0.2) is 0 Å². The minimum absolute atomic E-state index is 0.0448. The van der Waals surface area contributed by atoms with Gasteiger partial charge in [-0.3, -0.25) is 14.5 Å². The normalized spacial score (nSPS) is 11.8. The van der Waals surface area contributed by atoms with Crippen LogP contribution in [0.2, 0.25) is 0 Å². The first-order valence-electron chi connectivity index (χ1n) is 11.3. The summed E-state index contributed by atoms with van der Waals surface area (Å²) in [5, 5.41) is 2.92. The highest BCUT2D eigenvalue weighted by atomic mass is 16.5. The van der Waals surface area contributed by atoms with E-state index >= 15 is 0 Å². The third-order valence-electron chi connectivity index (χ3n) is 5.11. The highest BCUT2D eigenvalue weighted by molar-refractivity contribution is 5.88. The molecule has 1 N–H and O–H groups in total. The Balaban J connectivity index is 2.02. The van der Waals surface area contributed by atoms with Crippen molar-refractivity contribution in [2.45, 2.75) is 52.6 Å². The molecule has 0 unspecified atom stereocenters. The lowest BCUT2D eigenvalue weighted by molar-refractivity contribution is -0.127. The van der Waals surface area contributed by atoms with Crippen molar-refractivity contribution in [3.63, 3.8) is 0 Å². The van der Waals surface area contributed by atoms with Gasteiger partial charge in [-0.15, -0.1) is 0 Å². The summed E-state index contributed by atoms with van der Waals surface area (Å²) >= 11 is 0. The van der Waals surface area contributed by atoms with E-state index in [1.54, 1.807) is 7.11 Å². The highest BCUT2D eigenvalue weighted by Crippen LogP contribution is 2.28. The SMILES string of the molecule is CCCOc1ccc(CN(CCC)CC(=O)N[C@H](Cc2ccccc2)C(C)=O)cc1OC. The zero-order valence-corrected chi connectivity index (χ0v) is 19.7. The highest BCUT2D eigenvalue weighted by Gasteiger charge is 2.19. The Kier molecular flexibility index (Phi) is 10.7. The number of rotatable bonds is 14. The molecule has 174 valence electrons. The molecule has 0 spiro atoms. The van der Waals surface area contributed by atoms with Gasteiger partial charge in [-0.2, -0.15) is 0 Å². The molecule has 0 fully saturated rings. The van der Waals surface area contributed by atoms with Crippen molar-refractivity contribution in [3.8, 4) is 11.5 Å². The summed E-state index contributed by atoms with van der Waals surface area (Å²) in [6.45, 7) is 7.90. The minimum atomic E-state index is -0.525. The number of hydrogen-bond acceptors (Lipinski definition) is 5. The second-order valence-corrected chi connectivity index (χ2v) is 7.96. The average molecular weight is 441 g/mol. The van der Waals surface area contributed by atoms with Crippen LogP contribution in [0.15, 0.2) is 48.5 Å². The van der Waals surface area contributed by atoms with E-state index in [4.69, 9.17) is 9.47 Å². The van der Waals surface area contributed by atoms with Gasteiger partial charge < -0.3 is 14.8 Å². The lowest BCUT2D eigenvalue weighted by Crippen LogP contribution is -2.46. The molecule has 2 rings (SSSR count). The van der Waals surface area contributed by atoms with Crippen LogP contribution in [0.4, 0.5) is 0 Å². The fourth-order valence-corrected chi connectivity index (χ4v) is 3.52. The molecule has 0 saturated heterocycles. The zero-order chi connectivity index (χ0) is 23.3. The zero-order valence-electron chi connectivity index (χ0n) is 19.7. The molecule has 1 atom stereocenters. The van der Waals surface area contributed by atoms with E-state index in [0.29, 0.717) is 25.3 Å². The van der Waals surface area contributed by atoms with Crippen LogP contribution in [-0.2, 0) is 22.6 Å². The molecule has 0 saturated carbocycles. The summed E-state index contributed by atoms with van der Waals surface area (Å²) in [5.41, 5.74) is 2.07. The number of carbonyl (C=O) groups excluding carboxylic acids is 2. The second kappa shape index (κ2) is 13.5. The monoisotopic (exact) mass is 440 g/mol. The fourth-order valence-electron chi connectivity index (χ4n) is 3.52. The van der Waals surface area contributed by atoms with Crippen LogP contribution in [0.3, 0.4) is 0 Å². The molecule has 0 radical (unpaired) electrons. The maximum Gasteiger partial charge on any atom is 0.234 e. The van der Waals surface area contributed by atoms with Crippen LogP contribution in [-0.4, -0.2) is 49.4 Å². The van der Waals surface area contributed by atoms with Crippen LogP contribution < -0.4 is 14.8 Å². The molecule has 32 heavy (non-hydrogen) atoms. The third kappa shape index (κ3) is 8.35. The number of Topliss-reactive ketones (excluding diaryl/α,β-unsaturated/α-hetero) is 1. The molecule has 0 aliphatic heterocycles. The molecule has 0 aliphatic rings. The molecule has 1 amide bonds. The number of ether oxygens (including phenoxy) is 2. The summed E-state index contributed by atoms with van der Waals surface area (Å²) in [4.78, 5) is 27.0. The van der Waals surface area contributed by atoms with Crippen molar-refractivity contribution in [2.75, 3.05) is 26.8 Å². The fraction of sp³-hybridized carbons (Fsp3) is 0.462. The number of amides is 1. The molecule has 0 aliphatic carbocycles. The number of ketones is 1. The van der Waals surface area contributed by atoms with Crippen molar-refractivity contribution in [1.82, 2.24) is 10.2 Å². The van der Waals surface area contributed by atoms with Gasteiger partial charge in [0.15, 0.2) is 17.3 Å². The average Bonchev–Trinajstić information content (AvgIpc) is 2.78. The maximum atomic E-state index is 12.8. The molecule has 2 aromatic rings. The summed E-state index contributed by atoms with van der Waals surface area (Å²) in [6.07, 6.45) is 2.34. The minimum Gasteiger partial charge on any atom is -0.493 e. The van der Waals surface area contributed by atoms with Crippen LogP contribution in [0.5, 0.6) is 11.5 Å². The van der Waals surface area contributed by atoms with Gasteiger partial charge in [0.2, 0.25) is 5.91 Å². The molecule has 0 bridgehead atoms. The number of nitrogens with one attached hydrogen (secondary N) is 1. The molecule has 6 heteroatoms.